The summed E-state index contributed by atoms with van der Waals surface area (Å²) in [6, 6.07) is 6.67. The minimum Gasteiger partial charge on any atom is -0.488 e. The number of aryl methyl sites for hydroxylation is 2. The summed E-state index contributed by atoms with van der Waals surface area (Å²) >= 11 is 0. The van der Waals surface area contributed by atoms with E-state index in [1.807, 2.05) is 6.07 Å². The zero-order valence-electron chi connectivity index (χ0n) is 11.7. The third-order valence-electron chi connectivity index (χ3n) is 3.75. The summed E-state index contributed by atoms with van der Waals surface area (Å²) in [6.45, 7) is 7.31. The number of rotatable bonds is 5. The van der Waals surface area contributed by atoms with E-state index in [2.05, 4.69) is 38.2 Å². The molecule has 1 aromatic carbocycles. The standard InChI is InChI=1S/C15H23NO2/c1-5-16-13-9-14(15(13)17-4)18-12-7-6-10(2)11(3)8-12/h6-8,13-16H,5,9H2,1-4H3. The summed E-state index contributed by atoms with van der Waals surface area (Å²) in [6.07, 6.45) is 1.34. The topological polar surface area (TPSA) is 30.5 Å². The van der Waals surface area contributed by atoms with Crippen LogP contribution in [0, 0.1) is 13.8 Å². The lowest BCUT2D eigenvalue weighted by molar-refractivity contribution is -0.0884. The first kappa shape index (κ1) is 13.4. The van der Waals surface area contributed by atoms with Crippen molar-refractivity contribution in [3.05, 3.63) is 29.3 Å². The molecule has 1 aliphatic carbocycles. The molecule has 1 aromatic rings. The first-order chi connectivity index (χ1) is 8.65. The van der Waals surface area contributed by atoms with Crippen LogP contribution in [0.25, 0.3) is 0 Å². The molecule has 100 valence electrons. The van der Waals surface area contributed by atoms with E-state index >= 15 is 0 Å². The summed E-state index contributed by atoms with van der Waals surface area (Å²) in [5, 5.41) is 3.41. The first-order valence-electron chi connectivity index (χ1n) is 6.65. The van der Waals surface area contributed by atoms with Crippen molar-refractivity contribution in [2.45, 2.75) is 45.4 Å². The van der Waals surface area contributed by atoms with Crippen LogP contribution in [0.15, 0.2) is 18.2 Å². The van der Waals surface area contributed by atoms with Crippen LogP contribution in [0.3, 0.4) is 0 Å². The SMILES string of the molecule is CCNC1CC(Oc2ccc(C)c(C)c2)C1OC. The molecule has 3 atom stereocenters. The Bertz CT molecular complexity index is 405. The second-order valence-electron chi connectivity index (χ2n) is 5.00. The maximum atomic E-state index is 6.00. The number of ether oxygens (including phenoxy) is 2. The molecule has 0 radical (unpaired) electrons. The van der Waals surface area contributed by atoms with E-state index in [1.54, 1.807) is 7.11 Å². The van der Waals surface area contributed by atoms with Gasteiger partial charge in [-0.1, -0.05) is 13.0 Å². The Labute approximate surface area is 109 Å². The second kappa shape index (κ2) is 5.72. The Morgan fingerprint density at radius 2 is 2.06 bits per heavy atom. The van der Waals surface area contributed by atoms with E-state index < -0.39 is 0 Å². The first-order valence-corrected chi connectivity index (χ1v) is 6.65. The molecule has 0 bridgehead atoms. The zero-order chi connectivity index (χ0) is 13.1. The van der Waals surface area contributed by atoms with Crippen molar-refractivity contribution in [2.24, 2.45) is 0 Å². The molecule has 0 aromatic heterocycles. The van der Waals surface area contributed by atoms with Gasteiger partial charge in [0, 0.05) is 19.6 Å². The van der Waals surface area contributed by atoms with Gasteiger partial charge in [0.05, 0.1) is 0 Å². The maximum Gasteiger partial charge on any atom is 0.128 e. The monoisotopic (exact) mass is 249 g/mol. The highest BCUT2D eigenvalue weighted by Gasteiger charge is 2.42. The van der Waals surface area contributed by atoms with Gasteiger partial charge >= 0.3 is 0 Å². The lowest BCUT2D eigenvalue weighted by atomic mass is 9.85. The highest BCUT2D eigenvalue weighted by atomic mass is 16.5. The summed E-state index contributed by atoms with van der Waals surface area (Å²) in [5.74, 6) is 0.945. The molecule has 3 unspecified atom stereocenters. The van der Waals surface area contributed by atoms with Gasteiger partial charge in [0.2, 0.25) is 0 Å². The van der Waals surface area contributed by atoms with Crippen molar-refractivity contribution >= 4 is 0 Å². The quantitative estimate of drug-likeness (QED) is 0.869. The van der Waals surface area contributed by atoms with Crippen molar-refractivity contribution in [3.63, 3.8) is 0 Å². The van der Waals surface area contributed by atoms with Crippen molar-refractivity contribution in [3.8, 4) is 5.75 Å². The molecule has 0 spiro atoms. The molecule has 18 heavy (non-hydrogen) atoms. The number of benzene rings is 1. The molecular weight excluding hydrogens is 226 g/mol. The summed E-state index contributed by atoms with van der Waals surface area (Å²) in [4.78, 5) is 0. The van der Waals surface area contributed by atoms with E-state index in [4.69, 9.17) is 9.47 Å². The van der Waals surface area contributed by atoms with Gasteiger partial charge in [-0.25, -0.2) is 0 Å². The van der Waals surface area contributed by atoms with Gasteiger partial charge in [0.15, 0.2) is 0 Å². The van der Waals surface area contributed by atoms with Crippen LogP contribution >= 0.6 is 0 Å². The summed E-state index contributed by atoms with van der Waals surface area (Å²) < 4.78 is 11.5. The third kappa shape index (κ3) is 2.68. The molecule has 0 aliphatic heterocycles. The molecule has 0 saturated heterocycles. The average molecular weight is 249 g/mol. The number of hydrogen-bond acceptors (Lipinski definition) is 3. The number of nitrogens with one attached hydrogen (secondary N) is 1. The summed E-state index contributed by atoms with van der Waals surface area (Å²) in [5.41, 5.74) is 2.56. The second-order valence-corrected chi connectivity index (χ2v) is 5.00. The fraction of sp³-hybridized carbons (Fsp3) is 0.600. The number of likely N-dealkylation sites (N-methyl/N-ethyl adjacent to an activating group) is 1. The summed E-state index contributed by atoms with van der Waals surface area (Å²) in [7, 11) is 1.75. The fourth-order valence-corrected chi connectivity index (χ4v) is 2.44. The fourth-order valence-electron chi connectivity index (χ4n) is 2.44. The van der Waals surface area contributed by atoms with Crippen molar-refractivity contribution in [2.75, 3.05) is 13.7 Å². The molecule has 0 amide bonds. The Kier molecular flexibility index (Phi) is 4.25. The van der Waals surface area contributed by atoms with Gasteiger partial charge in [-0.3, -0.25) is 0 Å². The van der Waals surface area contributed by atoms with Gasteiger partial charge < -0.3 is 14.8 Å². The predicted molar refractivity (Wildman–Crippen MR) is 73.2 cm³/mol. The van der Waals surface area contributed by atoms with Crippen molar-refractivity contribution in [1.29, 1.82) is 0 Å². The Morgan fingerprint density at radius 3 is 2.67 bits per heavy atom. The van der Waals surface area contributed by atoms with E-state index in [0.717, 1.165) is 18.7 Å². The third-order valence-corrected chi connectivity index (χ3v) is 3.75. The van der Waals surface area contributed by atoms with Crippen LogP contribution in [-0.4, -0.2) is 31.9 Å². The molecule has 3 heteroatoms. The van der Waals surface area contributed by atoms with Gasteiger partial charge in [0.25, 0.3) is 0 Å². The highest BCUT2D eigenvalue weighted by molar-refractivity contribution is 5.34. The smallest absolute Gasteiger partial charge is 0.128 e. The van der Waals surface area contributed by atoms with Gasteiger partial charge in [-0.2, -0.15) is 0 Å². The molecule has 0 heterocycles. The van der Waals surface area contributed by atoms with Crippen LogP contribution in [0.1, 0.15) is 24.5 Å². The van der Waals surface area contributed by atoms with Crippen LogP contribution in [-0.2, 0) is 4.74 Å². The minimum atomic E-state index is 0.159. The van der Waals surface area contributed by atoms with E-state index in [1.165, 1.54) is 11.1 Å². The largest absolute Gasteiger partial charge is 0.488 e. The lowest BCUT2D eigenvalue weighted by Gasteiger charge is -2.43. The van der Waals surface area contributed by atoms with Gasteiger partial charge in [-0.05, 0) is 43.7 Å². The van der Waals surface area contributed by atoms with Crippen molar-refractivity contribution < 1.29 is 9.47 Å². The van der Waals surface area contributed by atoms with Crippen LogP contribution in [0.4, 0.5) is 0 Å². The average Bonchev–Trinajstić information content (AvgIpc) is 2.32. The molecule has 1 fully saturated rings. The van der Waals surface area contributed by atoms with Crippen LogP contribution in [0.5, 0.6) is 5.75 Å². The van der Waals surface area contributed by atoms with Crippen LogP contribution in [0.2, 0.25) is 0 Å². The maximum absolute atomic E-state index is 6.00. The molecule has 1 N–H and O–H groups in total. The van der Waals surface area contributed by atoms with E-state index in [0.29, 0.717) is 6.04 Å². The Balaban J connectivity index is 1.96. The normalized spacial score (nSPS) is 26.8. The highest BCUT2D eigenvalue weighted by Crippen LogP contribution is 2.29. The molecule has 1 aliphatic rings. The van der Waals surface area contributed by atoms with E-state index in [9.17, 15) is 0 Å². The minimum absolute atomic E-state index is 0.159. The van der Waals surface area contributed by atoms with Gasteiger partial charge in [0.1, 0.15) is 18.0 Å². The molecule has 2 rings (SSSR count). The molecule has 3 nitrogen and oxygen atoms in total. The van der Waals surface area contributed by atoms with Crippen LogP contribution < -0.4 is 10.1 Å². The predicted octanol–water partition coefficient (Wildman–Crippen LogP) is 2.45. The molecule has 1 saturated carbocycles. The van der Waals surface area contributed by atoms with Crippen molar-refractivity contribution in [1.82, 2.24) is 5.32 Å². The number of hydrogen-bond donors (Lipinski definition) is 1. The Morgan fingerprint density at radius 1 is 1.28 bits per heavy atom. The zero-order valence-corrected chi connectivity index (χ0v) is 11.7. The lowest BCUT2D eigenvalue weighted by Crippen LogP contribution is -2.60. The van der Waals surface area contributed by atoms with E-state index in [-0.39, 0.29) is 12.2 Å². The Hall–Kier alpha value is -1.06. The molecular formula is C15H23NO2. The van der Waals surface area contributed by atoms with Gasteiger partial charge in [-0.15, -0.1) is 0 Å². The number of methoxy groups -OCH3 is 1.